The number of hydrogen-bond acceptors (Lipinski definition) is 5. The lowest BCUT2D eigenvalue weighted by molar-refractivity contribution is 0.0696. The second-order valence-electron chi connectivity index (χ2n) is 4.75. The third-order valence-corrected chi connectivity index (χ3v) is 4.56. The van der Waals surface area contributed by atoms with Crippen LogP contribution in [0.4, 0.5) is 14.5 Å². The Morgan fingerprint density at radius 3 is 2.16 bits per heavy atom. The number of ether oxygens (including phenoxy) is 2. The molecule has 0 bridgehead atoms. The Bertz CT molecular complexity index is 907. The molecule has 134 valence electrons. The first kappa shape index (κ1) is 18.5. The molecule has 0 amide bonds. The van der Waals surface area contributed by atoms with Gasteiger partial charge >= 0.3 is 5.97 Å². The standard InChI is InChI=1S/C15H13F2NO6S/c1-23-12-4-3-8(15(19)20)5-13(12)25(21,22)18-9-6-10(16)14(24-2)11(17)7-9/h3-7,18H,1-2H3,(H,19,20). The number of rotatable bonds is 6. The molecule has 0 saturated carbocycles. The van der Waals surface area contributed by atoms with Crippen molar-refractivity contribution in [3.8, 4) is 11.5 Å². The zero-order valence-corrected chi connectivity index (χ0v) is 13.9. The molecular formula is C15H13F2NO6S. The van der Waals surface area contributed by atoms with Gasteiger partial charge in [0.25, 0.3) is 10.0 Å². The van der Waals surface area contributed by atoms with Crippen LogP contribution in [-0.2, 0) is 10.0 Å². The number of sulfonamides is 1. The minimum absolute atomic E-state index is 0.132. The van der Waals surface area contributed by atoms with Gasteiger partial charge in [0.15, 0.2) is 17.4 Å². The Hall–Kier alpha value is -2.88. The van der Waals surface area contributed by atoms with Crippen molar-refractivity contribution in [2.24, 2.45) is 0 Å². The molecule has 0 fully saturated rings. The topological polar surface area (TPSA) is 102 Å². The van der Waals surface area contributed by atoms with Crippen molar-refractivity contribution >= 4 is 21.7 Å². The van der Waals surface area contributed by atoms with Crippen molar-refractivity contribution in [3.05, 3.63) is 47.5 Å². The van der Waals surface area contributed by atoms with Crippen molar-refractivity contribution in [1.82, 2.24) is 0 Å². The number of methoxy groups -OCH3 is 2. The lowest BCUT2D eigenvalue weighted by Gasteiger charge is -2.13. The molecule has 0 aliphatic carbocycles. The molecule has 25 heavy (non-hydrogen) atoms. The molecule has 2 rings (SSSR count). The molecule has 0 aliphatic heterocycles. The predicted molar refractivity (Wildman–Crippen MR) is 83.7 cm³/mol. The van der Waals surface area contributed by atoms with Crippen LogP contribution in [0.5, 0.6) is 11.5 Å². The van der Waals surface area contributed by atoms with Crippen molar-refractivity contribution in [2.45, 2.75) is 4.90 Å². The molecule has 0 spiro atoms. The van der Waals surface area contributed by atoms with Gasteiger partial charge in [0, 0.05) is 12.1 Å². The van der Waals surface area contributed by atoms with E-state index in [-0.39, 0.29) is 11.3 Å². The number of hydrogen-bond donors (Lipinski definition) is 2. The summed E-state index contributed by atoms with van der Waals surface area (Å²) < 4.78 is 63.7. The number of halogens is 2. The van der Waals surface area contributed by atoms with Gasteiger partial charge in [0.2, 0.25) is 0 Å². The van der Waals surface area contributed by atoms with Crippen molar-refractivity contribution in [2.75, 3.05) is 18.9 Å². The lowest BCUT2D eigenvalue weighted by atomic mass is 10.2. The van der Waals surface area contributed by atoms with E-state index < -0.39 is 44.0 Å². The first-order valence-electron chi connectivity index (χ1n) is 6.66. The fraction of sp³-hybridized carbons (Fsp3) is 0.133. The quantitative estimate of drug-likeness (QED) is 0.807. The maximum absolute atomic E-state index is 13.7. The molecule has 0 atom stereocenters. The maximum Gasteiger partial charge on any atom is 0.335 e. The van der Waals surface area contributed by atoms with E-state index in [4.69, 9.17) is 9.84 Å². The van der Waals surface area contributed by atoms with Crippen LogP contribution in [0.3, 0.4) is 0 Å². The van der Waals surface area contributed by atoms with E-state index in [0.29, 0.717) is 0 Å². The van der Waals surface area contributed by atoms with Crippen molar-refractivity contribution < 1.29 is 36.6 Å². The maximum atomic E-state index is 13.7. The van der Waals surface area contributed by atoms with Gasteiger partial charge < -0.3 is 14.6 Å². The highest BCUT2D eigenvalue weighted by Gasteiger charge is 2.23. The van der Waals surface area contributed by atoms with Crippen LogP contribution in [0.15, 0.2) is 35.2 Å². The Kier molecular flexibility index (Phi) is 5.12. The number of carboxylic acid groups (broad SMARTS) is 1. The lowest BCUT2D eigenvalue weighted by Crippen LogP contribution is -2.15. The molecule has 0 radical (unpaired) electrons. The fourth-order valence-electron chi connectivity index (χ4n) is 2.04. The van der Waals surface area contributed by atoms with Crippen molar-refractivity contribution in [1.29, 1.82) is 0 Å². The minimum atomic E-state index is -4.38. The molecule has 2 aromatic rings. The highest BCUT2D eigenvalue weighted by molar-refractivity contribution is 7.92. The van der Waals surface area contributed by atoms with Gasteiger partial charge in [-0.25, -0.2) is 22.0 Å². The van der Waals surface area contributed by atoms with Crippen LogP contribution in [0.25, 0.3) is 0 Å². The number of benzene rings is 2. The number of aromatic carboxylic acids is 1. The number of carbonyl (C=O) groups is 1. The highest BCUT2D eigenvalue weighted by atomic mass is 32.2. The Morgan fingerprint density at radius 1 is 1.08 bits per heavy atom. The van der Waals surface area contributed by atoms with E-state index >= 15 is 0 Å². The van der Waals surface area contributed by atoms with E-state index in [9.17, 15) is 22.0 Å². The zero-order chi connectivity index (χ0) is 18.8. The van der Waals surface area contributed by atoms with Crippen LogP contribution in [-0.4, -0.2) is 33.7 Å². The second kappa shape index (κ2) is 6.93. The largest absolute Gasteiger partial charge is 0.495 e. The summed E-state index contributed by atoms with van der Waals surface area (Å²) in [5.74, 6) is -4.35. The molecule has 2 N–H and O–H groups in total. The van der Waals surface area contributed by atoms with Gasteiger partial charge in [0.05, 0.1) is 25.5 Å². The van der Waals surface area contributed by atoms with E-state index in [1.165, 1.54) is 7.11 Å². The SMILES string of the molecule is COc1ccc(C(=O)O)cc1S(=O)(=O)Nc1cc(F)c(OC)c(F)c1. The molecule has 0 heterocycles. The first-order valence-corrected chi connectivity index (χ1v) is 8.15. The summed E-state index contributed by atoms with van der Waals surface area (Å²) in [5, 5.41) is 8.99. The van der Waals surface area contributed by atoms with Crippen LogP contribution in [0.1, 0.15) is 10.4 Å². The Morgan fingerprint density at radius 2 is 1.68 bits per heavy atom. The van der Waals surface area contributed by atoms with Crippen LogP contribution in [0.2, 0.25) is 0 Å². The molecule has 0 aromatic heterocycles. The number of anilines is 1. The zero-order valence-electron chi connectivity index (χ0n) is 13.0. The normalized spacial score (nSPS) is 11.0. The molecule has 0 aliphatic rings. The molecular weight excluding hydrogens is 360 g/mol. The van der Waals surface area contributed by atoms with Gasteiger partial charge in [-0.05, 0) is 18.2 Å². The minimum Gasteiger partial charge on any atom is -0.495 e. The monoisotopic (exact) mass is 373 g/mol. The summed E-state index contributed by atoms with van der Waals surface area (Å²) in [4.78, 5) is 10.5. The van der Waals surface area contributed by atoms with Gasteiger partial charge in [-0.15, -0.1) is 0 Å². The second-order valence-corrected chi connectivity index (χ2v) is 6.40. The van der Waals surface area contributed by atoms with Gasteiger partial charge in [-0.1, -0.05) is 0 Å². The van der Waals surface area contributed by atoms with Crippen LogP contribution in [0, 0.1) is 11.6 Å². The summed E-state index contributed by atoms with van der Waals surface area (Å²) in [7, 11) is -2.12. The first-order chi connectivity index (χ1) is 11.7. The predicted octanol–water partition coefficient (Wildman–Crippen LogP) is 2.48. The van der Waals surface area contributed by atoms with E-state index in [1.807, 2.05) is 4.72 Å². The Labute approximate surface area is 141 Å². The van der Waals surface area contributed by atoms with Gasteiger partial charge in [0.1, 0.15) is 10.6 Å². The van der Waals surface area contributed by atoms with E-state index in [2.05, 4.69) is 4.74 Å². The average molecular weight is 373 g/mol. The van der Waals surface area contributed by atoms with Gasteiger partial charge in [-0.2, -0.15) is 0 Å². The fourth-order valence-corrected chi connectivity index (χ4v) is 3.28. The molecule has 0 unspecified atom stereocenters. The molecule has 2 aromatic carbocycles. The summed E-state index contributed by atoms with van der Waals surface area (Å²) in [6.07, 6.45) is 0. The van der Waals surface area contributed by atoms with Crippen LogP contribution >= 0.6 is 0 Å². The third-order valence-electron chi connectivity index (χ3n) is 3.15. The van der Waals surface area contributed by atoms with Crippen molar-refractivity contribution in [3.63, 3.8) is 0 Å². The van der Waals surface area contributed by atoms with E-state index in [1.54, 1.807) is 0 Å². The molecule has 0 saturated heterocycles. The third kappa shape index (κ3) is 3.79. The summed E-state index contributed by atoms with van der Waals surface area (Å²) in [6, 6.07) is 4.65. The highest BCUT2D eigenvalue weighted by Crippen LogP contribution is 2.30. The average Bonchev–Trinajstić information content (AvgIpc) is 2.53. The smallest absolute Gasteiger partial charge is 0.335 e. The Balaban J connectivity index is 2.50. The summed E-state index contributed by atoms with van der Waals surface area (Å²) in [6.45, 7) is 0. The van der Waals surface area contributed by atoms with Crippen LogP contribution < -0.4 is 14.2 Å². The molecule has 10 heteroatoms. The summed E-state index contributed by atoms with van der Waals surface area (Å²) >= 11 is 0. The molecule has 7 nitrogen and oxygen atoms in total. The van der Waals surface area contributed by atoms with Gasteiger partial charge in [-0.3, -0.25) is 4.72 Å². The number of nitrogens with one attached hydrogen (secondary N) is 1. The summed E-state index contributed by atoms with van der Waals surface area (Å²) in [5.41, 5.74) is -0.702. The number of carboxylic acids is 1. The van der Waals surface area contributed by atoms with E-state index in [0.717, 1.165) is 37.4 Å².